The molecule has 0 radical (unpaired) electrons. The molecule has 0 atom stereocenters. The first-order valence-electron chi connectivity index (χ1n) is 11.4. The van der Waals surface area contributed by atoms with Crippen LogP contribution in [0.3, 0.4) is 0 Å². The Morgan fingerprint density at radius 3 is 2.36 bits per heavy atom. The number of anilines is 1. The summed E-state index contributed by atoms with van der Waals surface area (Å²) in [4.78, 5) is 5.64. The fourth-order valence-corrected chi connectivity index (χ4v) is 4.86. The van der Waals surface area contributed by atoms with Crippen molar-refractivity contribution in [1.82, 2.24) is 4.98 Å². The molecular formula is C31H32FN3S. The van der Waals surface area contributed by atoms with Crippen molar-refractivity contribution in [2.75, 3.05) is 5.73 Å². The van der Waals surface area contributed by atoms with E-state index >= 15 is 0 Å². The standard InChI is InChI=1S/C31H32FN3S/c1-8-11-24(30-13-12-29(36-30)18(4)5)26-17-28(35-20(26)7)19(6)25-15-22(16-27(32)31(25)34)21(9-2)14-23(33)10-3/h8-17,35H,1,3-4,6,33-34H2,2,5,7H3/b21-9+,23-14+,24-11+. The second-order valence-corrected chi connectivity index (χ2v) is 9.56. The molecule has 5 heteroatoms. The SMILES string of the molecule is C=C/C=C(/c1ccc(C(=C)C)s1)c1cc(C(=C)c2cc(C(/C=C(/N)C=C)=C/C)cc(F)c2N)[nH]c1C. The number of benzene rings is 1. The quantitative estimate of drug-likeness (QED) is 0.206. The third-order valence-corrected chi connectivity index (χ3v) is 7.14. The van der Waals surface area contributed by atoms with Crippen LogP contribution in [0.25, 0.3) is 22.3 Å². The number of rotatable bonds is 9. The predicted octanol–water partition coefficient (Wildman–Crippen LogP) is 8.25. The van der Waals surface area contributed by atoms with Crippen LogP contribution in [0.5, 0.6) is 0 Å². The van der Waals surface area contributed by atoms with E-state index in [2.05, 4.69) is 43.4 Å². The van der Waals surface area contributed by atoms with Gasteiger partial charge in [-0.25, -0.2) is 4.39 Å². The highest BCUT2D eigenvalue weighted by Crippen LogP contribution is 2.37. The smallest absolute Gasteiger partial charge is 0.147 e. The van der Waals surface area contributed by atoms with E-state index in [1.54, 1.807) is 29.6 Å². The molecule has 0 amide bonds. The Hall–Kier alpha value is -4.09. The zero-order valence-corrected chi connectivity index (χ0v) is 21.9. The van der Waals surface area contributed by atoms with E-state index in [0.29, 0.717) is 22.4 Å². The fourth-order valence-electron chi connectivity index (χ4n) is 3.89. The Kier molecular flexibility index (Phi) is 8.18. The van der Waals surface area contributed by atoms with Gasteiger partial charge in [-0.1, -0.05) is 44.5 Å². The molecule has 5 N–H and O–H groups in total. The topological polar surface area (TPSA) is 67.8 Å². The van der Waals surface area contributed by atoms with E-state index in [1.807, 2.05) is 45.1 Å². The number of nitrogens with two attached hydrogens (primary N) is 2. The Bertz CT molecular complexity index is 1460. The van der Waals surface area contributed by atoms with Crippen LogP contribution in [-0.4, -0.2) is 4.98 Å². The number of allylic oxidation sites excluding steroid dienone is 7. The number of aromatic nitrogens is 1. The summed E-state index contributed by atoms with van der Waals surface area (Å²) in [5.74, 6) is -0.518. The minimum atomic E-state index is -0.518. The number of nitrogens with one attached hydrogen (secondary N) is 1. The summed E-state index contributed by atoms with van der Waals surface area (Å²) >= 11 is 1.67. The van der Waals surface area contributed by atoms with Crippen molar-refractivity contribution >= 4 is 39.3 Å². The number of aromatic amines is 1. The monoisotopic (exact) mass is 497 g/mol. The van der Waals surface area contributed by atoms with Crippen LogP contribution < -0.4 is 11.5 Å². The van der Waals surface area contributed by atoms with Gasteiger partial charge in [-0.05, 0) is 80.0 Å². The molecule has 2 aromatic heterocycles. The first-order chi connectivity index (χ1) is 17.1. The third-order valence-electron chi connectivity index (χ3n) is 5.86. The molecule has 0 unspecified atom stereocenters. The molecule has 0 saturated heterocycles. The minimum absolute atomic E-state index is 0.0416. The summed E-state index contributed by atoms with van der Waals surface area (Å²) < 4.78 is 14.9. The van der Waals surface area contributed by atoms with E-state index in [-0.39, 0.29) is 5.69 Å². The van der Waals surface area contributed by atoms with E-state index in [0.717, 1.165) is 43.4 Å². The molecule has 3 aromatic rings. The number of hydrogen-bond acceptors (Lipinski definition) is 3. The lowest BCUT2D eigenvalue weighted by Crippen LogP contribution is -2.01. The Morgan fingerprint density at radius 2 is 1.78 bits per heavy atom. The second kappa shape index (κ2) is 11.1. The summed E-state index contributed by atoms with van der Waals surface area (Å²) in [6.45, 7) is 21.7. The summed E-state index contributed by atoms with van der Waals surface area (Å²) in [6, 6.07) is 9.41. The molecule has 184 valence electrons. The molecule has 0 aliphatic rings. The lowest BCUT2D eigenvalue weighted by molar-refractivity contribution is 0.631. The van der Waals surface area contributed by atoms with Crippen molar-refractivity contribution in [3.05, 3.63) is 136 Å². The maximum atomic E-state index is 14.9. The third kappa shape index (κ3) is 5.42. The molecule has 36 heavy (non-hydrogen) atoms. The van der Waals surface area contributed by atoms with Crippen LogP contribution in [0.1, 0.15) is 51.7 Å². The number of aryl methyl sites for hydroxylation is 1. The van der Waals surface area contributed by atoms with Crippen molar-refractivity contribution in [1.29, 1.82) is 0 Å². The van der Waals surface area contributed by atoms with Gasteiger partial charge in [0.15, 0.2) is 0 Å². The largest absolute Gasteiger partial charge is 0.399 e. The van der Waals surface area contributed by atoms with Gasteiger partial charge in [0.2, 0.25) is 0 Å². The van der Waals surface area contributed by atoms with Crippen molar-refractivity contribution in [2.24, 2.45) is 5.73 Å². The Labute approximate surface area is 217 Å². The molecule has 0 spiro atoms. The van der Waals surface area contributed by atoms with Gasteiger partial charge in [0, 0.05) is 49.1 Å². The van der Waals surface area contributed by atoms with E-state index < -0.39 is 5.82 Å². The van der Waals surface area contributed by atoms with Gasteiger partial charge < -0.3 is 16.5 Å². The molecule has 0 aliphatic carbocycles. The van der Waals surface area contributed by atoms with E-state index in [9.17, 15) is 4.39 Å². The lowest BCUT2D eigenvalue weighted by Gasteiger charge is -2.13. The molecule has 0 bridgehead atoms. The van der Waals surface area contributed by atoms with Gasteiger partial charge in [0.05, 0.1) is 5.69 Å². The van der Waals surface area contributed by atoms with Gasteiger partial charge >= 0.3 is 0 Å². The summed E-state index contributed by atoms with van der Waals surface area (Å²) in [7, 11) is 0. The average molecular weight is 498 g/mol. The molecule has 1 aromatic carbocycles. The van der Waals surface area contributed by atoms with Gasteiger partial charge in [-0.3, -0.25) is 0 Å². The minimum Gasteiger partial charge on any atom is -0.399 e. The Balaban J connectivity index is 2.09. The van der Waals surface area contributed by atoms with Gasteiger partial charge in [-0.15, -0.1) is 11.3 Å². The van der Waals surface area contributed by atoms with Crippen molar-refractivity contribution < 1.29 is 4.39 Å². The van der Waals surface area contributed by atoms with Crippen LogP contribution >= 0.6 is 11.3 Å². The Morgan fingerprint density at radius 1 is 1.08 bits per heavy atom. The van der Waals surface area contributed by atoms with E-state index in [1.165, 1.54) is 6.07 Å². The molecule has 2 heterocycles. The van der Waals surface area contributed by atoms with Crippen molar-refractivity contribution in [2.45, 2.75) is 20.8 Å². The number of hydrogen-bond donors (Lipinski definition) is 3. The normalized spacial score (nSPS) is 12.5. The zero-order chi connectivity index (χ0) is 26.6. The molecule has 0 saturated carbocycles. The molecular weight excluding hydrogens is 465 g/mol. The zero-order valence-electron chi connectivity index (χ0n) is 21.0. The number of halogens is 1. The van der Waals surface area contributed by atoms with Crippen molar-refractivity contribution in [3.8, 4) is 0 Å². The van der Waals surface area contributed by atoms with Crippen LogP contribution in [0.4, 0.5) is 10.1 Å². The van der Waals surface area contributed by atoms with Crippen LogP contribution in [0.15, 0.2) is 92.7 Å². The average Bonchev–Trinajstić information content (AvgIpc) is 3.49. The fraction of sp³-hybridized carbons (Fsp3) is 0.0968. The molecule has 0 fully saturated rings. The summed E-state index contributed by atoms with van der Waals surface area (Å²) in [6.07, 6.45) is 8.90. The maximum absolute atomic E-state index is 14.9. The first-order valence-corrected chi connectivity index (χ1v) is 12.3. The summed E-state index contributed by atoms with van der Waals surface area (Å²) in [5, 5.41) is 0. The predicted molar refractivity (Wildman–Crippen MR) is 157 cm³/mol. The highest BCUT2D eigenvalue weighted by molar-refractivity contribution is 7.14. The number of thiophene rings is 1. The van der Waals surface area contributed by atoms with Crippen LogP contribution in [0, 0.1) is 12.7 Å². The first kappa shape index (κ1) is 26.5. The maximum Gasteiger partial charge on any atom is 0.147 e. The molecule has 3 rings (SSSR count). The van der Waals surface area contributed by atoms with Gasteiger partial charge in [-0.2, -0.15) is 0 Å². The highest BCUT2D eigenvalue weighted by Gasteiger charge is 2.18. The van der Waals surface area contributed by atoms with Gasteiger partial charge in [0.1, 0.15) is 5.82 Å². The number of nitrogen functional groups attached to an aromatic ring is 1. The number of H-pyrrole nitrogens is 1. The molecule has 0 aliphatic heterocycles. The highest BCUT2D eigenvalue weighted by atomic mass is 32.1. The summed E-state index contributed by atoms with van der Waals surface area (Å²) in [5.41, 5.74) is 19.9. The second-order valence-electron chi connectivity index (χ2n) is 8.47. The lowest BCUT2D eigenvalue weighted by atomic mass is 9.95. The van der Waals surface area contributed by atoms with Crippen molar-refractivity contribution in [3.63, 3.8) is 0 Å². The van der Waals surface area contributed by atoms with Crippen LogP contribution in [0.2, 0.25) is 0 Å². The van der Waals surface area contributed by atoms with Crippen LogP contribution in [-0.2, 0) is 0 Å². The molecule has 3 nitrogen and oxygen atoms in total. The van der Waals surface area contributed by atoms with E-state index in [4.69, 9.17) is 11.5 Å². The van der Waals surface area contributed by atoms with Gasteiger partial charge in [0.25, 0.3) is 0 Å².